The Bertz CT molecular complexity index is 1850. The van der Waals surface area contributed by atoms with Crippen molar-refractivity contribution in [3.63, 3.8) is 0 Å². The van der Waals surface area contributed by atoms with Crippen LogP contribution in [-0.4, -0.2) is 26.7 Å². The molecule has 0 aliphatic carbocycles. The number of hydrazone groups is 1. The molecule has 2 aromatic heterocycles. The molecule has 8 heteroatoms. The van der Waals surface area contributed by atoms with E-state index in [1.165, 1.54) is 10.6 Å². The van der Waals surface area contributed by atoms with Crippen molar-refractivity contribution < 1.29 is 50.1 Å². The second-order valence-electron chi connectivity index (χ2n) is 12.2. The number of hydrogen-bond donors (Lipinski definition) is 1. The molecule has 6 aromatic rings. The molecule has 1 aliphatic rings. The van der Waals surface area contributed by atoms with Crippen molar-refractivity contribution in [3.05, 3.63) is 181 Å². The van der Waals surface area contributed by atoms with Crippen molar-refractivity contribution in [2.75, 3.05) is 5.01 Å². The SMILES string of the molecule is CC1=NN(c2ccccc2)C(=O)C1=C(O)c1ccc(C(C)(C)C)cc1.[Ir].[Ir].[c-]1ccccc1-c1ccccn1.[c-]1ccccc1-c1ccccn1. The second kappa shape index (κ2) is 19.5. The maximum absolute atomic E-state index is 12.8. The number of amides is 1. The molecule has 0 atom stereocenters. The van der Waals surface area contributed by atoms with Crippen molar-refractivity contribution in [1.29, 1.82) is 0 Å². The molecular formula is C43H38Ir2N4O2-2. The number of aromatic nitrogens is 2. The van der Waals surface area contributed by atoms with Gasteiger partial charge in [-0.2, -0.15) is 10.1 Å². The number of carbonyl (C=O) groups excluding carboxylic acids is 1. The third-order valence-corrected chi connectivity index (χ3v) is 7.58. The summed E-state index contributed by atoms with van der Waals surface area (Å²) in [5, 5.41) is 16.3. The Labute approximate surface area is 327 Å². The van der Waals surface area contributed by atoms with Gasteiger partial charge in [0.05, 0.1) is 11.4 Å². The molecule has 3 heterocycles. The van der Waals surface area contributed by atoms with E-state index < -0.39 is 0 Å². The van der Waals surface area contributed by atoms with Gasteiger partial charge in [0.15, 0.2) is 0 Å². The van der Waals surface area contributed by atoms with Gasteiger partial charge in [0, 0.05) is 58.2 Å². The number of anilines is 1. The van der Waals surface area contributed by atoms with Crippen molar-refractivity contribution in [2.24, 2.45) is 5.10 Å². The molecule has 1 amide bonds. The summed E-state index contributed by atoms with van der Waals surface area (Å²) in [4.78, 5) is 21.2. The van der Waals surface area contributed by atoms with Gasteiger partial charge in [-0.15, -0.1) is 71.8 Å². The Morgan fingerprint density at radius 1 is 0.647 bits per heavy atom. The van der Waals surface area contributed by atoms with E-state index in [0.717, 1.165) is 22.5 Å². The summed E-state index contributed by atoms with van der Waals surface area (Å²) >= 11 is 0. The first-order chi connectivity index (χ1) is 23.7. The van der Waals surface area contributed by atoms with E-state index in [2.05, 4.69) is 48.0 Å². The number of pyridine rings is 2. The van der Waals surface area contributed by atoms with Crippen molar-refractivity contribution in [2.45, 2.75) is 33.1 Å². The van der Waals surface area contributed by atoms with Gasteiger partial charge in [0.25, 0.3) is 5.91 Å². The summed E-state index contributed by atoms with van der Waals surface area (Å²) in [6, 6.07) is 50.5. The van der Waals surface area contributed by atoms with Crippen LogP contribution in [0.5, 0.6) is 0 Å². The number of hydrogen-bond acceptors (Lipinski definition) is 5. The molecule has 0 saturated carbocycles. The van der Waals surface area contributed by atoms with E-state index in [0.29, 0.717) is 17.0 Å². The number of para-hydroxylation sites is 1. The van der Waals surface area contributed by atoms with Crippen LogP contribution in [0, 0.1) is 12.1 Å². The Morgan fingerprint density at radius 2 is 1.14 bits per heavy atom. The van der Waals surface area contributed by atoms with Gasteiger partial charge in [-0.3, -0.25) is 4.79 Å². The largest absolute Gasteiger partial charge is 0.506 e. The number of rotatable bonds is 4. The first-order valence-corrected chi connectivity index (χ1v) is 16.0. The number of benzene rings is 4. The van der Waals surface area contributed by atoms with Gasteiger partial charge in [-0.25, -0.2) is 0 Å². The Kier molecular flexibility index (Phi) is 15.5. The smallest absolute Gasteiger partial charge is 0.284 e. The number of aliphatic hydroxyl groups is 1. The molecule has 4 aromatic carbocycles. The van der Waals surface area contributed by atoms with Gasteiger partial charge in [-0.1, -0.05) is 87.5 Å². The first kappa shape index (κ1) is 40.6. The van der Waals surface area contributed by atoms with Crippen LogP contribution in [0.1, 0.15) is 38.8 Å². The minimum atomic E-state index is -0.318. The van der Waals surface area contributed by atoms with E-state index >= 15 is 0 Å². The predicted molar refractivity (Wildman–Crippen MR) is 199 cm³/mol. The Balaban J connectivity index is 0.000000226. The standard InChI is InChI=1S/C21H22N2O2.2C11H8N.2Ir/c1-14-18(20(25)23(22-14)17-8-6-5-7-9-17)19(24)15-10-12-16(13-11-15)21(2,3)4;2*1-2-6-10(7-3-1)11-8-4-5-9-12-11;;/h5-13,24H,1-4H3;2*1-6,8-9H;;/q;2*-1;;. The monoisotopic (exact) mass is 1030 g/mol. The third-order valence-electron chi connectivity index (χ3n) is 7.58. The fourth-order valence-electron chi connectivity index (χ4n) is 4.94. The molecule has 0 unspecified atom stereocenters. The number of aliphatic hydroxyl groups excluding tert-OH is 1. The molecule has 51 heavy (non-hydrogen) atoms. The van der Waals surface area contributed by atoms with E-state index in [4.69, 9.17) is 0 Å². The molecule has 7 rings (SSSR count). The van der Waals surface area contributed by atoms with E-state index in [9.17, 15) is 9.90 Å². The van der Waals surface area contributed by atoms with Crippen LogP contribution in [0.2, 0.25) is 0 Å². The summed E-state index contributed by atoms with van der Waals surface area (Å²) < 4.78 is 0. The van der Waals surface area contributed by atoms with E-state index in [1.54, 1.807) is 19.3 Å². The molecule has 1 aliphatic heterocycles. The van der Waals surface area contributed by atoms with Gasteiger partial charge >= 0.3 is 0 Å². The summed E-state index contributed by atoms with van der Waals surface area (Å²) in [5.74, 6) is -0.355. The number of nitrogens with zero attached hydrogens (tertiary/aromatic N) is 4. The molecule has 0 fully saturated rings. The Hall–Kier alpha value is -4.84. The minimum Gasteiger partial charge on any atom is -0.506 e. The zero-order valence-electron chi connectivity index (χ0n) is 28.7. The van der Waals surface area contributed by atoms with Gasteiger partial charge < -0.3 is 15.1 Å². The van der Waals surface area contributed by atoms with Crippen LogP contribution in [0.3, 0.4) is 0 Å². The maximum atomic E-state index is 12.8. The average molecular weight is 1030 g/mol. The molecule has 2 radical (unpaired) electrons. The summed E-state index contributed by atoms with van der Waals surface area (Å²) in [6.45, 7) is 8.13. The van der Waals surface area contributed by atoms with Crippen molar-refractivity contribution >= 4 is 23.1 Å². The fourth-order valence-corrected chi connectivity index (χ4v) is 4.94. The van der Waals surface area contributed by atoms with Crippen molar-refractivity contribution in [3.8, 4) is 22.5 Å². The van der Waals surface area contributed by atoms with Crippen LogP contribution in [0.15, 0.2) is 163 Å². The summed E-state index contributed by atoms with van der Waals surface area (Å²) in [7, 11) is 0. The topological polar surface area (TPSA) is 78.7 Å². The van der Waals surface area contributed by atoms with Crippen LogP contribution in [-0.2, 0) is 50.4 Å². The molecule has 262 valence electrons. The van der Waals surface area contributed by atoms with Crippen LogP contribution >= 0.6 is 0 Å². The summed E-state index contributed by atoms with van der Waals surface area (Å²) in [6.07, 6.45) is 3.58. The average Bonchev–Trinajstić information content (AvgIpc) is 3.46. The zero-order valence-corrected chi connectivity index (χ0v) is 33.5. The van der Waals surface area contributed by atoms with Crippen LogP contribution in [0.25, 0.3) is 28.3 Å². The van der Waals surface area contributed by atoms with Gasteiger partial charge in [-0.05, 0) is 53.6 Å². The van der Waals surface area contributed by atoms with Crippen LogP contribution in [0.4, 0.5) is 5.69 Å². The minimum absolute atomic E-state index is 0. The fraction of sp³-hybridized carbons (Fsp3) is 0.116. The van der Waals surface area contributed by atoms with Crippen LogP contribution < -0.4 is 5.01 Å². The maximum Gasteiger partial charge on any atom is 0.284 e. The zero-order chi connectivity index (χ0) is 34.6. The van der Waals surface area contributed by atoms with Gasteiger partial charge in [0.1, 0.15) is 11.3 Å². The van der Waals surface area contributed by atoms with Gasteiger partial charge in [0.2, 0.25) is 0 Å². The first-order valence-electron chi connectivity index (χ1n) is 16.0. The quantitative estimate of drug-likeness (QED) is 0.109. The second-order valence-corrected chi connectivity index (χ2v) is 12.2. The molecule has 0 spiro atoms. The third kappa shape index (κ3) is 11.1. The van der Waals surface area contributed by atoms with E-state index in [1.807, 2.05) is 140 Å². The van der Waals surface area contributed by atoms with E-state index in [-0.39, 0.29) is 62.9 Å². The molecule has 1 N–H and O–H groups in total. The van der Waals surface area contributed by atoms with Crippen molar-refractivity contribution in [1.82, 2.24) is 9.97 Å². The molecule has 0 saturated heterocycles. The Morgan fingerprint density at radius 3 is 1.57 bits per heavy atom. The predicted octanol–water partition coefficient (Wildman–Crippen LogP) is 9.77. The molecule has 0 bridgehead atoms. The number of carbonyl (C=O) groups is 1. The molecular weight excluding hydrogens is 989 g/mol. The normalized spacial score (nSPS) is 12.8. The summed E-state index contributed by atoms with van der Waals surface area (Å²) in [5.41, 5.74) is 7.26. The molecule has 6 nitrogen and oxygen atoms in total.